The Bertz CT molecular complexity index is 1330. The molecule has 2 amide bonds. The summed E-state index contributed by atoms with van der Waals surface area (Å²) in [5.41, 5.74) is 11.1. The van der Waals surface area contributed by atoms with Crippen LogP contribution in [0.2, 0.25) is 0 Å². The molecule has 11 heteroatoms. The number of benzene rings is 3. The maximum Gasteiger partial charge on any atom is 0.416 e. The summed E-state index contributed by atoms with van der Waals surface area (Å²) in [5.74, 6) is -0.948. The number of fused-ring (bicyclic) bond motifs is 1. The quantitative estimate of drug-likeness (QED) is 0.335. The van der Waals surface area contributed by atoms with Crippen molar-refractivity contribution in [3.05, 3.63) is 66.0 Å². The molecule has 4 aromatic rings. The van der Waals surface area contributed by atoms with Crippen LogP contribution in [-0.4, -0.2) is 21.3 Å². The number of aromatic hydroxyl groups is 1. The Balaban J connectivity index is 1.79. The highest BCUT2D eigenvalue weighted by Gasteiger charge is 2.32. The zero-order chi connectivity index (χ0) is 23.2. The summed E-state index contributed by atoms with van der Waals surface area (Å²) in [6.07, 6.45) is -4.73. The maximum absolute atomic E-state index is 14.4. The van der Waals surface area contributed by atoms with Crippen molar-refractivity contribution in [2.45, 2.75) is 6.18 Å². The highest BCUT2D eigenvalue weighted by atomic mass is 19.4. The molecule has 0 unspecified atom stereocenters. The van der Waals surface area contributed by atoms with Gasteiger partial charge in [-0.2, -0.15) is 18.3 Å². The van der Waals surface area contributed by atoms with Gasteiger partial charge < -0.3 is 16.6 Å². The number of carbonyl (C=O) groups is 1. The SMILES string of the molecule is NC(=O)N(c1ccc(-c2ccc(O)c3[nH]nc(N)c23)cc1)c1cc(C(F)(F)F)ccc1F. The van der Waals surface area contributed by atoms with Crippen LogP contribution in [0, 0.1) is 5.82 Å². The number of amides is 2. The Labute approximate surface area is 177 Å². The fourth-order valence-electron chi connectivity index (χ4n) is 3.42. The van der Waals surface area contributed by atoms with E-state index in [9.17, 15) is 27.5 Å². The number of rotatable bonds is 3. The van der Waals surface area contributed by atoms with Crippen molar-refractivity contribution in [2.24, 2.45) is 5.73 Å². The van der Waals surface area contributed by atoms with Crippen LogP contribution in [0.5, 0.6) is 5.75 Å². The van der Waals surface area contributed by atoms with Gasteiger partial charge in [-0.05, 0) is 53.6 Å². The third-order valence-electron chi connectivity index (χ3n) is 4.90. The largest absolute Gasteiger partial charge is 0.506 e. The summed E-state index contributed by atoms with van der Waals surface area (Å²) in [5, 5.41) is 16.9. The van der Waals surface area contributed by atoms with Gasteiger partial charge in [-0.15, -0.1) is 0 Å². The molecule has 32 heavy (non-hydrogen) atoms. The van der Waals surface area contributed by atoms with Gasteiger partial charge in [0, 0.05) is 0 Å². The zero-order valence-corrected chi connectivity index (χ0v) is 16.1. The molecule has 1 aromatic heterocycles. The molecule has 6 N–H and O–H groups in total. The molecule has 0 atom stereocenters. The summed E-state index contributed by atoms with van der Waals surface area (Å²) in [6.45, 7) is 0. The smallest absolute Gasteiger partial charge is 0.416 e. The average Bonchev–Trinajstić information content (AvgIpc) is 3.12. The predicted molar refractivity (Wildman–Crippen MR) is 111 cm³/mol. The number of alkyl halides is 3. The van der Waals surface area contributed by atoms with E-state index in [1.54, 1.807) is 18.2 Å². The third-order valence-corrected chi connectivity index (χ3v) is 4.90. The number of H-pyrrole nitrogens is 1. The number of phenolic OH excluding ortho intramolecular Hbond substituents is 1. The minimum absolute atomic E-state index is 0.0506. The number of nitrogen functional groups attached to an aromatic ring is 1. The molecule has 3 aromatic carbocycles. The highest BCUT2D eigenvalue weighted by molar-refractivity contribution is 6.04. The molecule has 0 fully saturated rings. The van der Waals surface area contributed by atoms with Crippen LogP contribution < -0.4 is 16.4 Å². The molecular formula is C21H15F4N5O2. The van der Waals surface area contributed by atoms with E-state index < -0.39 is 29.3 Å². The lowest BCUT2D eigenvalue weighted by atomic mass is 10.0. The van der Waals surface area contributed by atoms with Gasteiger partial charge in [0.2, 0.25) is 0 Å². The van der Waals surface area contributed by atoms with Gasteiger partial charge >= 0.3 is 12.2 Å². The molecule has 164 valence electrons. The van der Waals surface area contributed by atoms with Crippen molar-refractivity contribution in [3.63, 3.8) is 0 Å². The van der Waals surface area contributed by atoms with Crippen LogP contribution in [0.1, 0.15) is 5.56 Å². The molecule has 0 bridgehead atoms. The molecule has 0 saturated heterocycles. The molecule has 7 nitrogen and oxygen atoms in total. The lowest BCUT2D eigenvalue weighted by molar-refractivity contribution is -0.137. The van der Waals surface area contributed by atoms with Crippen molar-refractivity contribution in [3.8, 4) is 16.9 Å². The standard InChI is InChI=1S/C21H15F4N5O2/c22-14-7-3-11(21(23,24)25)9-15(14)30(20(27)32)12-4-1-10(2-5-12)13-6-8-16(31)18-17(13)19(26)29-28-18/h1-9,31H,(H2,27,32)(H3,26,28,29). The minimum atomic E-state index is -4.73. The first kappa shape index (κ1) is 21.0. The average molecular weight is 445 g/mol. The van der Waals surface area contributed by atoms with E-state index >= 15 is 0 Å². The second kappa shape index (κ2) is 7.45. The number of halogens is 4. The summed E-state index contributed by atoms with van der Waals surface area (Å²) in [4.78, 5) is 12.7. The first-order valence-corrected chi connectivity index (χ1v) is 9.10. The van der Waals surface area contributed by atoms with Gasteiger partial charge in [0.05, 0.1) is 22.3 Å². The maximum atomic E-state index is 14.4. The highest BCUT2D eigenvalue weighted by Crippen LogP contribution is 2.38. The number of nitrogens with one attached hydrogen (secondary N) is 1. The Morgan fingerprint density at radius 2 is 1.75 bits per heavy atom. The normalized spacial score (nSPS) is 11.6. The number of phenols is 1. The van der Waals surface area contributed by atoms with E-state index in [2.05, 4.69) is 10.2 Å². The number of hydrogen-bond acceptors (Lipinski definition) is 4. The Kier molecular flexibility index (Phi) is 4.88. The van der Waals surface area contributed by atoms with E-state index in [-0.39, 0.29) is 17.3 Å². The van der Waals surface area contributed by atoms with Gasteiger partial charge in [-0.3, -0.25) is 10.00 Å². The monoisotopic (exact) mass is 445 g/mol. The van der Waals surface area contributed by atoms with Crippen molar-refractivity contribution < 1.29 is 27.5 Å². The number of nitrogens with zero attached hydrogens (tertiary/aromatic N) is 2. The lowest BCUT2D eigenvalue weighted by Gasteiger charge is -2.22. The number of carbonyl (C=O) groups excluding carboxylic acids is 1. The minimum Gasteiger partial charge on any atom is -0.506 e. The lowest BCUT2D eigenvalue weighted by Crippen LogP contribution is -2.32. The summed E-state index contributed by atoms with van der Waals surface area (Å²) in [7, 11) is 0. The predicted octanol–water partition coefficient (Wildman–Crippen LogP) is 4.89. The van der Waals surface area contributed by atoms with Crippen LogP contribution in [0.15, 0.2) is 54.6 Å². The number of hydrogen-bond donors (Lipinski definition) is 4. The summed E-state index contributed by atoms with van der Waals surface area (Å²) in [6, 6.07) is 9.50. The van der Waals surface area contributed by atoms with E-state index in [0.29, 0.717) is 45.1 Å². The summed E-state index contributed by atoms with van der Waals surface area (Å²) >= 11 is 0. The first-order chi connectivity index (χ1) is 15.1. The van der Waals surface area contributed by atoms with E-state index in [1.165, 1.54) is 18.2 Å². The second-order valence-electron chi connectivity index (χ2n) is 6.88. The number of aromatic amines is 1. The molecular weight excluding hydrogens is 430 g/mol. The van der Waals surface area contributed by atoms with Crippen LogP contribution in [0.25, 0.3) is 22.0 Å². The van der Waals surface area contributed by atoms with Gasteiger partial charge in [-0.1, -0.05) is 12.1 Å². The Hall–Kier alpha value is -4.28. The van der Waals surface area contributed by atoms with Crippen LogP contribution in [0.4, 0.5) is 39.5 Å². The second-order valence-corrected chi connectivity index (χ2v) is 6.88. The number of anilines is 3. The Morgan fingerprint density at radius 3 is 2.38 bits per heavy atom. The third kappa shape index (κ3) is 3.53. The fraction of sp³-hybridized carbons (Fsp3) is 0.0476. The van der Waals surface area contributed by atoms with Crippen molar-refractivity contribution >= 4 is 34.1 Å². The number of urea groups is 1. The molecule has 0 aliphatic rings. The molecule has 0 aliphatic heterocycles. The molecule has 0 saturated carbocycles. The van der Waals surface area contributed by atoms with Crippen molar-refractivity contribution in [1.82, 2.24) is 10.2 Å². The molecule has 0 radical (unpaired) electrons. The van der Waals surface area contributed by atoms with Crippen molar-refractivity contribution in [1.29, 1.82) is 0 Å². The number of aromatic nitrogens is 2. The zero-order valence-electron chi connectivity index (χ0n) is 16.1. The van der Waals surface area contributed by atoms with Gasteiger partial charge in [0.15, 0.2) is 5.82 Å². The topological polar surface area (TPSA) is 121 Å². The van der Waals surface area contributed by atoms with Gasteiger partial charge in [-0.25, -0.2) is 9.18 Å². The number of nitrogens with two attached hydrogens (primary N) is 2. The molecule has 1 heterocycles. The van der Waals surface area contributed by atoms with Gasteiger partial charge in [0.1, 0.15) is 17.1 Å². The fourth-order valence-corrected chi connectivity index (χ4v) is 3.42. The van der Waals surface area contributed by atoms with E-state index in [4.69, 9.17) is 11.5 Å². The van der Waals surface area contributed by atoms with Crippen LogP contribution >= 0.6 is 0 Å². The summed E-state index contributed by atoms with van der Waals surface area (Å²) < 4.78 is 53.6. The first-order valence-electron chi connectivity index (χ1n) is 9.10. The van der Waals surface area contributed by atoms with Crippen molar-refractivity contribution in [2.75, 3.05) is 10.6 Å². The van der Waals surface area contributed by atoms with Gasteiger partial charge in [0.25, 0.3) is 0 Å². The van der Waals surface area contributed by atoms with E-state index in [1.807, 2.05) is 0 Å². The van der Waals surface area contributed by atoms with Crippen LogP contribution in [0.3, 0.4) is 0 Å². The number of primary amides is 1. The van der Waals surface area contributed by atoms with Crippen LogP contribution in [-0.2, 0) is 6.18 Å². The molecule has 0 aliphatic carbocycles. The molecule has 0 spiro atoms. The van der Waals surface area contributed by atoms with E-state index in [0.717, 1.165) is 0 Å². The Morgan fingerprint density at radius 1 is 1.06 bits per heavy atom. The molecule has 4 rings (SSSR count).